The first-order valence-electron chi connectivity index (χ1n) is 11.9. The second-order valence-electron chi connectivity index (χ2n) is 11.4. The molecule has 2 aliphatic carbocycles. The summed E-state index contributed by atoms with van der Waals surface area (Å²) >= 11 is 0. The Bertz CT molecular complexity index is 875. The van der Waals surface area contributed by atoms with E-state index >= 15 is 0 Å². The molecule has 2 rings (SSSR count). The van der Waals surface area contributed by atoms with Crippen LogP contribution in [0.15, 0.2) is 97.2 Å². The molecule has 0 heterocycles. The third kappa shape index (κ3) is 7.46. The van der Waals surface area contributed by atoms with Gasteiger partial charge in [0.15, 0.2) is 0 Å². The highest BCUT2D eigenvalue weighted by atomic mass is 15.3. The fraction of sp³-hybridized carbons (Fsp3) is 0.467. The van der Waals surface area contributed by atoms with Crippen LogP contribution < -0.4 is 0 Å². The van der Waals surface area contributed by atoms with E-state index in [9.17, 15) is 0 Å². The molecule has 2 heteroatoms. The number of hydrogen-bond donors (Lipinski definition) is 0. The van der Waals surface area contributed by atoms with Gasteiger partial charge < -0.3 is 8.97 Å². The molecule has 32 heavy (non-hydrogen) atoms. The summed E-state index contributed by atoms with van der Waals surface area (Å²) in [6, 6.07) is 0.572. The Morgan fingerprint density at radius 3 is 1.75 bits per heavy atom. The Hall–Kier alpha value is -2.16. The normalized spacial score (nSPS) is 26.7. The monoisotopic (exact) mass is 434 g/mol. The fourth-order valence-corrected chi connectivity index (χ4v) is 4.12. The predicted molar refractivity (Wildman–Crippen MR) is 142 cm³/mol. The molecule has 0 saturated carbocycles. The highest BCUT2D eigenvalue weighted by molar-refractivity contribution is 5.35. The van der Waals surface area contributed by atoms with E-state index in [0.29, 0.717) is 6.04 Å². The van der Waals surface area contributed by atoms with E-state index in [0.717, 1.165) is 28.6 Å². The van der Waals surface area contributed by atoms with Gasteiger partial charge in [-0.2, -0.15) is 0 Å². The first-order valence-corrected chi connectivity index (χ1v) is 11.9. The smallest absolute Gasteiger partial charge is 0.104 e. The van der Waals surface area contributed by atoms with Gasteiger partial charge in [0.2, 0.25) is 0 Å². The van der Waals surface area contributed by atoms with Crippen molar-refractivity contribution in [1.29, 1.82) is 0 Å². The van der Waals surface area contributed by atoms with Gasteiger partial charge in [-0.15, -0.1) is 13.2 Å². The van der Waals surface area contributed by atoms with Crippen molar-refractivity contribution in [3.63, 3.8) is 0 Å². The number of nitrogens with zero attached hydrogens (tertiary/aromatic N) is 2. The van der Waals surface area contributed by atoms with Gasteiger partial charge in [-0.25, -0.2) is 0 Å². The number of quaternary nitrogens is 2. The molecule has 0 spiro atoms. The van der Waals surface area contributed by atoms with Gasteiger partial charge in [0.05, 0.1) is 40.8 Å². The van der Waals surface area contributed by atoms with Gasteiger partial charge in [0, 0.05) is 28.4 Å². The van der Waals surface area contributed by atoms with Crippen molar-refractivity contribution in [3.05, 3.63) is 97.2 Å². The quantitative estimate of drug-likeness (QED) is 0.275. The van der Waals surface area contributed by atoms with Crippen LogP contribution in [0.1, 0.15) is 27.2 Å². The molecule has 3 atom stereocenters. The lowest BCUT2D eigenvalue weighted by atomic mass is 9.90. The molecular weight excluding hydrogens is 388 g/mol. The van der Waals surface area contributed by atoms with Gasteiger partial charge in [0.25, 0.3) is 0 Å². The number of hydrogen-bond acceptors (Lipinski definition) is 0. The lowest BCUT2D eigenvalue weighted by molar-refractivity contribution is -0.920. The van der Waals surface area contributed by atoms with E-state index in [1.807, 2.05) is 12.2 Å². The number of allylic oxidation sites excluding steroid dienone is 10. The molecule has 0 fully saturated rings. The molecule has 0 aromatic carbocycles. The molecule has 0 aromatic rings. The summed E-state index contributed by atoms with van der Waals surface area (Å²) < 4.78 is 1.97. The Morgan fingerprint density at radius 1 is 0.812 bits per heavy atom. The lowest BCUT2D eigenvalue weighted by Crippen LogP contribution is -2.51. The molecule has 0 aromatic heterocycles. The first-order chi connectivity index (χ1) is 14.8. The SMILES string of the molecule is C=CC1(C)C=CC=C(C[N+](C)(C)CCC(C)[N+](C)(C)CC2=CC=CC(C)(C=C)C=C2)C=C1. The maximum Gasteiger partial charge on any atom is 0.104 e. The summed E-state index contributed by atoms with van der Waals surface area (Å²) in [6.45, 7) is 18.0. The molecule has 0 bridgehead atoms. The van der Waals surface area contributed by atoms with E-state index in [-0.39, 0.29) is 10.8 Å². The van der Waals surface area contributed by atoms with Crippen molar-refractivity contribution < 1.29 is 8.97 Å². The molecular formula is C30H46N2+2. The summed E-state index contributed by atoms with van der Waals surface area (Å²) in [7, 11) is 9.41. The van der Waals surface area contributed by atoms with Crippen molar-refractivity contribution >= 4 is 0 Å². The van der Waals surface area contributed by atoms with E-state index in [1.54, 1.807) is 0 Å². The largest absolute Gasteiger partial charge is 0.325 e. The minimum absolute atomic E-state index is 0.0508. The summed E-state index contributed by atoms with van der Waals surface area (Å²) in [5.74, 6) is 0. The fourth-order valence-electron chi connectivity index (χ4n) is 4.12. The van der Waals surface area contributed by atoms with Crippen molar-refractivity contribution in [2.75, 3.05) is 47.8 Å². The van der Waals surface area contributed by atoms with Gasteiger partial charge >= 0.3 is 0 Å². The van der Waals surface area contributed by atoms with Crippen molar-refractivity contribution in [1.82, 2.24) is 0 Å². The van der Waals surface area contributed by atoms with Crippen molar-refractivity contribution in [2.45, 2.75) is 33.2 Å². The molecule has 0 N–H and O–H groups in total. The van der Waals surface area contributed by atoms with Crippen LogP contribution in [0.25, 0.3) is 0 Å². The molecule has 2 aliphatic rings. The summed E-state index contributed by atoms with van der Waals surface area (Å²) in [6.07, 6.45) is 27.6. The Morgan fingerprint density at radius 2 is 1.28 bits per heavy atom. The molecule has 0 saturated heterocycles. The molecule has 0 radical (unpaired) electrons. The van der Waals surface area contributed by atoms with E-state index in [4.69, 9.17) is 0 Å². The summed E-state index contributed by atoms with van der Waals surface area (Å²) in [4.78, 5) is 0. The second-order valence-corrected chi connectivity index (χ2v) is 11.4. The van der Waals surface area contributed by atoms with Crippen LogP contribution in [-0.4, -0.2) is 62.8 Å². The maximum absolute atomic E-state index is 3.98. The van der Waals surface area contributed by atoms with Gasteiger partial charge in [-0.05, 0) is 20.8 Å². The van der Waals surface area contributed by atoms with Crippen molar-refractivity contribution in [2.24, 2.45) is 10.8 Å². The molecule has 174 valence electrons. The zero-order valence-corrected chi connectivity index (χ0v) is 21.6. The molecule has 3 unspecified atom stereocenters. The molecule has 0 aliphatic heterocycles. The van der Waals surface area contributed by atoms with Gasteiger partial charge in [-0.1, -0.05) is 72.9 Å². The Balaban J connectivity index is 1.96. The third-order valence-corrected chi connectivity index (χ3v) is 7.27. The van der Waals surface area contributed by atoms with Crippen LogP contribution in [0, 0.1) is 10.8 Å². The topological polar surface area (TPSA) is 0 Å². The highest BCUT2D eigenvalue weighted by Gasteiger charge is 2.28. The zero-order chi connectivity index (χ0) is 24.0. The summed E-state index contributed by atoms with van der Waals surface area (Å²) in [5, 5.41) is 0. The summed E-state index contributed by atoms with van der Waals surface area (Å²) in [5.41, 5.74) is 2.65. The highest BCUT2D eigenvalue weighted by Crippen LogP contribution is 2.27. The predicted octanol–water partition coefficient (Wildman–Crippen LogP) is 6.41. The van der Waals surface area contributed by atoms with Crippen LogP contribution >= 0.6 is 0 Å². The standard InChI is InChI=1S/C30H46N2/c1-10-29(4)19-12-14-27(16-21-29)24-31(6,7)23-18-26(3)32(8,9)25-28-15-13-20-30(5,11-2)22-17-28/h10-17,19-22,26H,1-2,18,23-25H2,3-9H3/q+2. The Labute approximate surface area is 198 Å². The first kappa shape index (κ1) is 26.1. The average molecular weight is 435 g/mol. The van der Waals surface area contributed by atoms with Gasteiger partial charge in [-0.3, -0.25) is 0 Å². The minimum atomic E-state index is -0.0536. The van der Waals surface area contributed by atoms with Crippen LogP contribution in [0.5, 0.6) is 0 Å². The van der Waals surface area contributed by atoms with Crippen LogP contribution in [0.3, 0.4) is 0 Å². The minimum Gasteiger partial charge on any atom is -0.325 e. The van der Waals surface area contributed by atoms with E-state index in [1.165, 1.54) is 17.6 Å². The number of likely N-dealkylation sites (N-methyl/N-ethyl adjacent to an activating group) is 2. The molecule has 0 amide bonds. The zero-order valence-electron chi connectivity index (χ0n) is 21.6. The van der Waals surface area contributed by atoms with E-state index < -0.39 is 0 Å². The molecule has 2 nitrogen and oxygen atoms in total. The van der Waals surface area contributed by atoms with Crippen molar-refractivity contribution in [3.8, 4) is 0 Å². The van der Waals surface area contributed by atoms with Crippen LogP contribution in [-0.2, 0) is 0 Å². The number of rotatable bonds is 10. The van der Waals surface area contributed by atoms with E-state index in [2.05, 4.69) is 123 Å². The van der Waals surface area contributed by atoms with Crippen LogP contribution in [0.4, 0.5) is 0 Å². The van der Waals surface area contributed by atoms with Crippen LogP contribution in [0.2, 0.25) is 0 Å². The third-order valence-electron chi connectivity index (χ3n) is 7.27. The average Bonchev–Trinajstić information content (AvgIpc) is 3.02. The second kappa shape index (κ2) is 10.2. The lowest BCUT2D eigenvalue weighted by Gasteiger charge is -2.39. The van der Waals surface area contributed by atoms with Gasteiger partial charge in [0.1, 0.15) is 13.1 Å². The maximum atomic E-state index is 3.98. The Kier molecular flexibility index (Phi) is 8.31.